The number of hydrogen-bond donors (Lipinski definition) is 1. The molecule has 3 atom stereocenters. The van der Waals surface area contributed by atoms with Crippen molar-refractivity contribution in [3.8, 4) is 5.75 Å². The maximum absolute atomic E-state index is 14.0. The Hall–Kier alpha value is -3.86. The number of rotatable bonds is 6. The molecule has 41 heavy (non-hydrogen) atoms. The summed E-state index contributed by atoms with van der Waals surface area (Å²) in [5.74, 6) is -1.97. The zero-order chi connectivity index (χ0) is 28.8. The molecule has 4 aromatic rings. The van der Waals surface area contributed by atoms with Gasteiger partial charge in [0, 0.05) is 27.1 Å². The number of carbonyl (C=O) groups is 3. The maximum Gasteiger partial charge on any atom is 0.308 e. The van der Waals surface area contributed by atoms with Crippen LogP contribution in [-0.4, -0.2) is 34.6 Å². The number of aromatic nitrogens is 1. The molecular weight excluding hydrogens is 582 g/mol. The van der Waals surface area contributed by atoms with Crippen LogP contribution in [0.25, 0.3) is 0 Å². The van der Waals surface area contributed by atoms with Crippen molar-refractivity contribution in [2.75, 3.05) is 17.3 Å². The third-order valence-corrected chi connectivity index (χ3v) is 10.2. The lowest BCUT2D eigenvalue weighted by atomic mass is 9.82. The van der Waals surface area contributed by atoms with Crippen LogP contribution in [0.5, 0.6) is 5.75 Å². The van der Waals surface area contributed by atoms with E-state index in [9.17, 15) is 19.2 Å². The van der Waals surface area contributed by atoms with Crippen molar-refractivity contribution >= 4 is 63.8 Å². The predicted molar refractivity (Wildman–Crippen MR) is 160 cm³/mol. The van der Waals surface area contributed by atoms with Crippen LogP contribution in [0, 0.1) is 12.8 Å². The smallest absolute Gasteiger partial charge is 0.308 e. The SMILES string of the molecule is COc1ccccc1[C@H]1c2sc(=O)n(CC(=O)Nc3ccccc3C)c2SC2C(=O)N(c3ccc(Cl)cc3)C(=O)C21. The van der Waals surface area contributed by atoms with Crippen LogP contribution >= 0.6 is 34.7 Å². The summed E-state index contributed by atoms with van der Waals surface area (Å²) >= 11 is 8.22. The summed E-state index contributed by atoms with van der Waals surface area (Å²) in [6.45, 7) is 1.66. The monoisotopic (exact) mass is 605 g/mol. The van der Waals surface area contributed by atoms with Crippen LogP contribution in [-0.2, 0) is 20.9 Å². The number of thiazole rings is 1. The molecule has 0 bridgehead atoms. The van der Waals surface area contributed by atoms with Crippen molar-refractivity contribution in [2.45, 2.75) is 29.7 Å². The third-order valence-electron chi connectivity index (χ3n) is 7.33. The Bertz CT molecular complexity index is 1750. The molecule has 1 fully saturated rings. The fourth-order valence-corrected chi connectivity index (χ4v) is 8.29. The normalized spacial score (nSPS) is 19.6. The molecule has 208 valence electrons. The van der Waals surface area contributed by atoms with E-state index in [0.717, 1.165) is 16.9 Å². The van der Waals surface area contributed by atoms with Gasteiger partial charge in [0.1, 0.15) is 17.5 Å². The van der Waals surface area contributed by atoms with Gasteiger partial charge in [0.25, 0.3) is 0 Å². The predicted octanol–water partition coefficient (Wildman–Crippen LogP) is 5.31. The second-order valence-electron chi connectivity index (χ2n) is 9.76. The number of aryl methyl sites for hydroxylation is 1. The Kier molecular flexibility index (Phi) is 7.23. The highest BCUT2D eigenvalue weighted by molar-refractivity contribution is 8.00. The Morgan fingerprint density at radius 1 is 0.976 bits per heavy atom. The number of halogens is 1. The van der Waals surface area contributed by atoms with Crippen LogP contribution in [0.3, 0.4) is 0 Å². The average molecular weight is 606 g/mol. The van der Waals surface area contributed by atoms with E-state index in [0.29, 0.717) is 37.6 Å². The van der Waals surface area contributed by atoms with Crippen LogP contribution in [0.15, 0.2) is 82.6 Å². The van der Waals surface area contributed by atoms with E-state index in [2.05, 4.69) is 5.32 Å². The summed E-state index contributed by atoms with van der Waals surface area (Å²) in [4.78, 5) is 55.8. The number of para-hydroxylation sites is 2. The minimum Gasteiger partial charge on any atom is -0.496 e. The summed E-state index contributed by atoms with van der Waals surface area (Å²) in [5.41, 5.74) is 2.68. The third kappa shape index (κ3) is 4.75. The van der Waals surface area contributed by atoms with Crippen LogP contribution in [0.4, 0.5) is 11.4 Å². The first-order valence-electron chi connectivity index (χ1n) is 12.8. The molecule has 6 rings (SSSR count). The van der Waals surface area contributed by atoms with E-state index >= 15 is 0 Å². The number of amides is 3. The summed E-state index contributed by atoms with van der Waals surface area (Å²) in [6.07, 6.45) is 0. The lowest BCUT2D eigenvalue weighted by molar-refractivity contribution is -0.122. The molecule has 1 saturated heterocycles. The number of nitrogens with one attached hydrogen (secondary N) is 1. The van der Waals surface area contributed by atoms with Crippen molar-refractivity contribution in [1.82, 2.24) is 4.57 Å². The molecular formula is C30H24ClN3O5S2. The number of thioether (sulfide) groups is 1. The fourth-order valence-electron chi connectivity index (χ4n) is 5.40. The van der Waals surface area contributed by atoms with Crippen molar-refractivity contribution in [3.05, 3.63) is 103 Å². The number of anilines is 2. The molecule has 0 spiro atoms. The molecule has 2 aliphatic heterocycles. The highest BCUT2D eigenvalue weighted by atomic mass is 35.5. The molecule has 2 aliphatic rings. The van der Waals surface area contributed by atoms with Gasteiger partial charge in [-0.25, -0.2) is 4.90 Å². The van der Waals surface area contributed by atoms with E-state index in [-0.39, 0.29) is 29.1 Å². The average Bonchev–Trinajstić information content (AvgIpc) is 3.41. The summed E-state index contributed by atoms with van der Waals surface area (Å²) < 4.78 is 7.05. The second-order valence-corrected chi connectivity index (χ2v) is 12.3. The number of ether oxygens (including phenoxy) is 1. The van der Waals surface area contributed by atoms with Gasteiger partial charge < -0.3 is 10.1 Å². The Morgan fingerprint density at radius 3 is 2.41 bits per heavy atom. The topological polar surface area (TPSA) is 97.7 Å². The number of imide groups is 1. The molecule has 1 N–H and O–H groups in total. The largest absolute Gasteiger partial charge is 0.496 e. The quantitative estimate of drug-likeness (QED) is 0.299. The molecule has 1 aromatic heterocycles. The molecule has 2 unspecified atom stereocenters. The number of fused-ring (bicyclic) bond motifs is 2. The van der Waals surface area contributed by atoms with E-state index in [1.54, 1.807) is 43.5 Å². The molecule has 3 aromatic carbocycles. The lowest BCUT2D eigenvalue weighted by Crippen LogP contribution is -2.33. The maximum atomic E-state index is 14.0. The number of carbonyl (C=O) groups excluding carboxylic acids is 3. The Morgan fingerprint density at radius 2 is 1.68 bits per heavy atom. The van der Waals surface area contributed by atoms with Crippen molar-refractivity contribution in [3.63, 3.8) is 0 Å². The second kappa shape index (κ2) is 10.8. The van der Waals surface area contributed by atoms with Crippen molar-refractivity contribution < 1.29 is 19.1 Å². The van der Waals surface area contributed by atoms with E-state index in [1.807, 2.05) is 43.3 Å². The first-order chi connectivity index (χ1) is 19.8. The van der Waals surface area contributed by atoms with Gasteiger partial charge in [-0.05, 0) is 48.9 Å². The van der Waals surface area contributed by atoms with E-state index in [1.165, 1.54) is 21.2 Å². The highest BCUT2D eigenvalue weighted by Gasteiger charge is 2.57. The number of hydrogen-bond acceptors (Lipinski definition) is 7. The molecule has 3 amide bonds. The zero-order valence-corrected chi connectivity index (χ0v) is 24.4. The molecule has 0 aliphatic carbocycles. The van der Waals surface area contributed by atoms with Crippen molar-refractivity contribution in [2.24, 2.45) is 5.92 Å². The van der Waals surface area contributed by atoms with Gasteiger partial charge >= 0.3 is 4.87 Å². The summed E-state index contributed by atoms with van der Waals surface area (Å²) in [7, 11) is 1.54. The minimum absolute atomic E-state index is 0.231. The number of nitrogens with zero attached hydrogens (tertiary/aromatic N) is 2. The number of benzene rings is 3. The first-order valence-corrected chi connectivity index (χ1v) is 14.9. The van der Waals surface area contributed by atoms with Gasteiger partial charge in [0.2, 0.25) is 17.7 Å². The van der Waals surface area contributed by atoms with Gasteiger partial charge in [0.15, 0.2) is 0 Å². The van der Waals surface area contributed by atoms with Gasteiger partial charge in [-0.2, -0.15) is 0 Å². The first kappa shape index (κ1) is 27.3. The Labute approximate surface area is 248 Å². The highest BCUT2D eigenvalue weighted by Crippen LogP contribution is 2.55. The van der Waals surface area contributed by atoms with Crippen LogP contribution in [0.1, 0.15) is 21.9 Å². The standard InChI is InChI=1S/C30H24ClN3O5S2/c1-16-7-3-5-9-20(16)32-22(35)15-33-29-26(41-30(33)38)23(19-8-4-6-10-21(19)39-2)24-25(40-29)28(37)34(27(24)36)18-13-11-17(31)12-14-18/h3-14,23-25H,15H2,1-2H3,(H,32,35)/t23-,24?,25?/m1/s1. The van der Waals surface area contributed by atoms with Gasteiger partial charge in [-0.1, -0.05) is 71.1 Å². The summed E-state index contributed by atoms with van der Waals surface area (Å²) in [6, 6.07) is 21.2. The van der Waals surface area contributed by atoms with Gasteiger partial charge in [-0.3, -0.25) is 23.7 Å². The number of methoxy groups -OCH3 is 1. The van der Waals surface area contributed by atoms with Crippen LogP contribution in [0.2, 0.25) is 5.02 Å². The fraction of sp³-hybridized carbons (Fsp3) is 0.200. The summed E-state index contributed by atoms with van der Waals surface area (Å²) in [5, 5.41) is 3.07. The molecule has 3 heterocycles. The lowest BCUT2D eigenvalue weighted by Gasteiger charge is -2.31. The van der Waals surface area contributed by atoms with E-state index in [4.69, 9.17) is 16.3 Å². The van der Waals surface area contributed by atoms with Gasteiger partial charge in [-0.15, -0.1) is 0 Å². The molecule has 0 radical (unpaired) electrons. The molecule has 8 nitrogen and oxygen atoms in total. The minimum atomic E-state index is -0.805. The van der Waals surface area contributed by atoms with Crippen LogP contribution < -0.4 is 19.8 Å². The van der Waals surface area contributed by atoms with Gasteiger partial charge in [0.05, 0.1) is 23.7 Å². The molecule has 11 heteroatoms. The Balaban J connectivity index is 1.44. The zero-order valence-electron chi connectivity index (χ0n) is 22.0. The molecule has 0 saturated carbocycles. The van der Waals surface area contributed by atoms with Crippen molar-refractivity contribution in [1.29, 1.82) is 0 Å². The van der Waals surface area contributed by atoms with E-state index < -0.39 is 17.1 Å².